The van der Waals surface area contributed by atoms with E-state index in [1.807, 2.05) is 28.8 Å². The highest BCUT2D eigenvalue weighted by molar-refractivity contribution is 6.35. The van der Waals surface area contributed by atoms with Crippen molar-refractivity contribution < 1.29 is 14.3 Å². The summed E-state index contributed by atoms with van der Waals surface area (Å²) >= 11 is 6.12. The van der Waals surface area contributed by atoms with E-state index in [4.69, 9.17) is 16.3 Å². The monoisotopic (exact) mass is 293 g/mol. The number of esters is 1. The Kier molecular flexibility index (Phi) is 4.79. The number of carbonyl (C=O) groups is 2. The molecule has 4 nitrogen and oxygen atoms in total. The van der Waals surface area contributed by atoms with Gasteiger partial charge in [-0.1, -0.05) is 29.8 Å². The van der Waals surface area contributed by atoms with Crippen LogP contribution in [0.25, 0.3) is 10.9 Å². The molecule has 0 spiro atoms. The van der Waals surface area contributed by atoms with Crippen molar-refractivity contribution in [2.24, 2.45) is 0 Å². The molecule has 20 heavy (non-hydrogen) atoms. The molecule has 0 N–H and O–H groups in total. The number of Topliss-reactive ketones (excluding diaryl/α,β-unsaturated/α-hetero) is 1. The number of rotatable bonds is 6. The lowest BCUT2D eigenvalue weighted by molar-refractivity contribution is -0.144. The van der Waals surface area contributed by atoms with Crippen LogP contribution in [0.2, 0.25) is 5.02 Å². The Labute approximate surface area is 122 Å². The molecule has 5 heteroatoms. The minimum absolute atomic E-state index is 0.0181. The molecule has 1 aromatic heterocycles. The zero-order valence-corrected chi connectivity index (χ0v) is 12.0. The fraction of sp³-hybridized carbons (Fsp3) is 0.333. The van der Waals surface area contributed by atoms with Crippen LogP contribution in [-0.2, 0) is 20.9 Å². The first-order chi connectivity index (χ1) is 9.61. The number of para-hydroxylation sites is 1. The van der Waals surface area contributed by atoms with Gasteiger partial charge in [0.15, 0.2) is 5.78 Å². The highest BCUT2D eigenvalue weighted by Crippen LogP contribution is 2.25. The molecule has 0 radical (unpaired) electrons. The summed E-state index contributed by atoms with van der Waals surface area (Å²) in [5.74, 6) is -0.355. The SMILES string of the molecule is CCOC(=O)CCC(=O)Cn1cc(Cl)c2ccccc21. The van der Waals surface area contributed by atoms with E-state index in [0.29, 0.717) is 11.6 Å². The average molecular weight is 294 g/mol. The number of fused-ring (bicyclic) bond motifs is 1. The Morgan fingerprint density at radius 1 is 1.25 bits per heavy atom. The Bertz CT molecular complexity index is 633. The van der Waals surface area contributed by atoms with Crippen LogP contribution in [0.5, 0.6) is 0 Å². The van der Waals surface area contributed by atoms with E-state index in [2.05, 4.69) is 0 Å². The Morgan fingerprint density at radius 2 is 2.00 bits per heavy atom. The molecule has 0 atom stereocenters. The van der Waals surface area contributed by atoms with E-state index in [1.165, 1.54) is 0 Å². The second-order valence-electron chi connectivity index (χ2n) is 4.47. The van der Waals surface area contributed by atoms with E-state index in [9.17, 15) is 9.59 Å². The molecule has 1 heterocycles. The van der Waals surface area contributed by atoms with Gasteiger partial charge in [0.1, 0.15) is 0 Å². The number of benzene rings is 1. The van der Waals surface area contributed by atoms with Crippen LogP contribution < -0.4 is 0 Å². The number of halogens is 1. The lowest BCUT2D eigenvalue weighted by Crippen LogP contribution is -2.12. The van der Waals surface area contributed by atoms with Gasteiger partial charge in [-0.15, -0.1) is 0 Å². The van der Waals surface area contributed by atoms with E-state index in [-0.39, 0.29) is 31.1 Å². The molecule has 2 rings (SSSR count). The quantitative estimate of drug-likeness (QED) is 0.768. The van der Waals surface area contributed by atoms with Gasteiger partial charge < -0.3 is 9.30 Å². The van der Waals surface area contributed by atoms with Crippen molar-refractivity contribution in [1.82, 2.24) is 4.57 Å². The van der Waals surface area contributed by atoms with Crippen molar-refractivity contribution >= 4 is 34.3 Å². The van der Waals surface area contributed by atoms with Crippen LogP contribution >= 0.6 is 11.6 Å². The maximum atomic E-state index is 11.9. The number of ketones is 1. The van der Waals surface area contributed by atoms with Crippen LogP contribution in [0.4, 0.5) is 0 Å². The minimum atomic E-state index is -0.337. The molecule has 0 unspecified atom stereocenters. The van der Waals surface area contributed by atoms with Crippen molar-refractivity contribution in [3.8, 4) is 0 Å². The smallest absolute Gasteiger partial charge is 0.306 e. The van der Waals surface area contributed by atoms with Gasteiger partial charge in [0.25, 0.3) is 0 Å². The van der Waals surface area contributed by atoms with E-state index in [1.54, 1.807) is 13.1 Å². The van der Waals surface area contributed by atoms with Crippen molar-refractivity contribution in [2.75, 3.05) is 6.61 Å². The Balaban J connectivity index is 2.01. The number of hydrogen-bond donors (Lipinski definition) is 0. The number of carbonyl (C=O) groups excluding carboxylic acids is 2. The zero-order chi connectivity index (χ0) is 14.5. The third kappa shape index (κ3) is 3.39. The summed E-state index contributed by atoms with van der Waals surface area (Å²) in [6, 6.07) is 7.64. The summed E-state index contributed by atoms with van der Waals surface area (Å²) in [7, 11) is 0. The van der Waals surface area contributed by atoms with Crippen molar-refractivity contribution in [3.05, 3.63) is 35.5 Å². The molecule has 0 amide bonds. The Morgan fingerprint density at radius 3 is 2.75 bits per heavy atom. The topological polar surface area (TPSA) is 48.3 Å². The maximum Gasteiger partial charge on any atom is 0.306 e. The normalized spacial score (nSPS) is 10.7. The average Bonchev–Trinajstić information content (AvgIpc) is 2.74. The van der Waals surface area contributed by atoms with Crippen molar-refractivity contribution in [3.63, 3.8) is 0 Å². The highest BCUT2D eigenvalue weighted by atomic mass is 35.5. The molecule has 0 aliphatic rings. The summed E-state index contributed by atoms with van der Waals surface area (Å²) in [6.45, 7) is 2.30. The fourth-order valence-electron chi connectivity index (χ4n) is 2.08. The Hall–Kier alpha value is -1.81. The standard InChI is InChI=1S/C15H16ClNO3/c1-2-20-15(19)8-7-11(18)9-17-10-13(16)12-5-3-4-6-14(12)17/h3-6,10H,2,7-9H2,1H3. The molecular formula is C15H16ClNO3. The van der Waals surface area contributed by atoms with Crippen LogP contribution in [-0.4, -0.2) is 22.9 Å². The summed E-state index contributed by atoms with van der Waals surface area (Å²) in [6.07, 6.45) is 2.05. The van der Waals surface area contributed by atoms with Gasteiger partial charge in [-0.3, -0.25) is 9.59 Å². The number of hydrogen-bond acceptors (Lipinski definition) is 3. The first kappa shape index (κ1) is 14.6. The second-order valence-corrected chi connectivity index (χ2v) is 4.87. The molecule has 0 aliphatic heterocycles. The summed E-state index contributed by atoms with van der Waals surface area (Å²) in [5, 5.41) is 1.55. The van der Waals surface area contributed by atoms with Gasteiger partial charge in [0.05, 0.1) is 24.6 Å². The number of nitrogens with zero attached hydrogens (tertiary/aromatic N) is 1. The van der Waals surface area contributed by atoms with Crippen LogP contribution in [0, 0.1) is 0 Å². The van der Waals surface area contributed by atoms with Gasteiger partial charge in [0.2, 0.25) is 0 Å². The summed E-state index contributed by atoms with van der Waals surface area (Å²) < 4.78 is 6.61. The van der Waals surface area contributed by atoms with Gasteiger partial charge >= 0.3 is 5.97 Å². The van der Waals surface area contributed by atoms with E-state index >= 15 is 0 Å². The third-order valence-electron chi connectivity index (χ3n) is 3.00. The third-order valence-corrected chi connectivity index (χ3v) is 3.30. The molecule has 1 aromatic carbocycles. The molecule has 0 aliphatic carbocycles. The molecule has 0 saturated heterocycles. The second kappa shape index (κ2) is 6.57. The van der Waals surface area contributed by atoms with Crippen molar-refractivity contribution in [1.29, 1.82) is 0 Å². The lowest BCUT2D eigenvalue weighted by Gasteiger charge is -2.04. The van der Waals surface area contributed by atoms with Gasteiger partial charge in [0, 0.05) is 23.5 Å². The first-order valence-corrected chi connectivity index (χ1v) is 6.90. The number of ether oxygens (including phenoxy) is 1. The van der Waals surface area contributed by atoms with Crippen LogP contribution in [0.1, 0.15) is 19.8 Å². The summed E-state index contributed by atoms with van der Waals surface area (Å²) in [5.41, 5.74) is 0.919. The zero-order valence-electron chi connectivity index (χ0n) is 11.3. The molecule has 106 valence electrons. The highest BCUT2D eigenvalue weighted by Gasteiger charge is 2.11. The van der Waals surface area contributed by atoms with Crippen LogP contribution in [0.3, 0.4) is 0 Å². The predicted molar refractivity (Wildman–Crippen MR) is 77.8 cm³/mol. The van der Waals surface area contributed by atoms with E-state index in [0.717, 1.165) is 10.9 Å². The minimum Gasteiger partial charge on any atom is -0.466 e. The number of aromatic nitrogens is 1. The molecule has 0 fully saturated rings. The van der Waals surface area contributed by atoms with Gasteiger partial charge in [-0.2, -0.15) is 0 Å². The van der Waals surface area contributed by atoms with Crippen LogP contribution in [0.15, 0.2) is 30.5 Å². The predicted octanol–water partition coefficient (Wildman–Crippen LogP) is 3.21. The molecule has 0 saturated carbocycles. The molecule has 2 aromatic rings. The van der Waals surface area contributed by atoms with Gasteiger partial charge in [-0.25, -0.2) is 0 Å². The van der Waals surface area contributed by atoms with Gasteiger partial charge in [-0.05, 0) is 13.0 Å². The molecular weight excluding hydrogens is 278 g/mol. The largest absolute Gasteiger partial charge is 0.466 e. The summed E-state index contributed by atoms with van der Waals surface area (Å²) in [4.78, 5) is 23.1. The first-order valence-electron chi connectivity index (χ1n) is 6.52. The van der Waals surface area contributed by atoms with E-state index < -0.39 is 0 Å². The molecule has 0 bridgehead atoms. The van der Waals surface area contributed by atoms with Crippen molar-refractivity contribution in [2.45, 2.75) is 26.3 Å². The fourth-order valence-corrected chi connectivity index (χ4v) is 2.35. The lowest BCUT2D eigenvalue weighted by atomic mass is 10.2. The maximum absolute atomic E-state index is 11.9.